The van der Waals surface area contributed by atoms with Gasteiger partial charge in [0.15, 0.2) is 0 Å². The van der Waals surface area contributed by atoms with E-state index in [1.54, 1.807) is 7.05 Å². The fourth-order valence-corrected chi connectivity index (χ4v) is 2.87. The van der Waals surface area contributed by atoms with Gasteiger partial charge in [-0.15, -0.1) is 0 Å². The van der Waals surface area contributed by atoms with E-state index < -0.39 is 5.97 Å². The van der Waals surface area contributed by atoms with Crippen LogP contribution in [0.15, 0.2) is 0 Å². The summed E-state index contributed by atoms with van der Waals surface area (Å²) in [7, 11) is 1.70. The summed E-state index contributed by atoms with van der Waals surface area (Å²) in [5, 5.41) is 23.0. The molecule has 0 rings (SSSR count). The number of carboxylic acid groups (broad SMARTS) is 1. The predicted octanol–water partition coefficient (Wildman–Crippen LogP) is 6.46. The Balaban J connectivity index is 0. The van der Waals surface area contributed by atoms with Crippen molar-refractivity contribution < 1.29 is 14.5 Å². The van der Waals surface area contributed by atoms with E-state index in [-0.39, 0.29) is 4.65 Å². The molecule has 0 aromatic heterocycles. The number of carbonyl (C=O) groups is 1. The SMILES string of the molecule is CCCCCCCCCCCCCC(=O)O.CCCCCNC[N+](C)([O-])CC. The van der Waals surface area contributed by atoms with Gasteiger partial charge in [-0.25, -0.2) is 0 Å². The van der Waals surface area contributed by atoms with Gasteiger partial charge in [-0.3, -0.25) is 10.1 Å². The number of nitrogens with one attached hydrogen (secondary N) is 1. The molecule has 0 saturated carbocycles. The first-order valence-corrected chi connectivity index (χ1v) is 11.9. The molecular weight excluding hydrogens is 352 g/mol. The Kier molecular flexibility index (Phi) is 23.9. The number of quaternary nitrogens is 1. The Labute approximate surface area is 175 Å². The average Bonchev–Trinajstić information content (AvgIpc) is 2.66. The van der Waals surface area contributed by atoms with Crippen LogP contribution in [0.3, 0.4) is 0 Å². The van der Waals surface area contributed by atoms with Crippen molar-refractivity contribution in [2.75, 3.05) is 26.8 Å². The van der Waals surface area contributed by atoms with Crippen LogP contribution in [0.2, 0.25) is 0 Å². The first-order valence-electron chi connectivity index (χ1n) is 11.9. The number of hydrogen-bond donors (Lipinski definition) is 2. The molecule has 28 heavy (non-hydrogen) atoms. The second-order valence-corrected chi connectivity index (χ2v) is 8.16. The first-order chi connectivity index (χ1) is 13.4. The molecule has 0 aliphatic heterocycles. The molecule has 0 aromatic carbocycles. The van der Waals surface area contributed by atoms with Gasteiger partial charge in [0, 0.05) is 13.0 Å². The lowest BCUT2D eigenvalue weighted by Crippen LogP contribution is -2.45. The molecule has 0 bridgehead atoms. The number of aliphatic carboxylic acids is 1. The minimum absolute atomic E-state index is 0.174. The smallest absolute Gasteiger partial charge is 0.303 e. The van der Waals surface area contributed by atoms with E-state index in [2.05, 4.69) is 19.2 Å². The largest absolute Gasteiger partial charge is 0.632 e. The maximum Gasteiger partial charge on any atom is 0.303 e. The molecule has 0 saturated heterocycles. The lowest BCUT2D eigenvalue weighted by molar-refractivity contribution is -0.861. The molecule has 0 fully saturated rings. The van der Waals surface area contributed by atoms with Crippen LogP contribution < -0.4 is 5.32 Å². The topological polar surface area (TPSA) is 72.4 Å². The maximum absolute atomic E-state index is 11.4. The van der Waals surface area contributed by atoms with Gasteiger partial charge in [0.05, 0.1) is 13.6 Å². The number of hydroxylamine groups is 3. The lowest BCUT2D eigenvalue weighted by atomic mass is 10.1. The fourth-order valence-electron chi connectivity index (χ4n) is 2.87. The van der Waals surface area contributed by atoms with Gasteiger partial charge >= 0.3 is 5.97 Å². The Morgan fingerprint density at radius 3 is 1.64 bits per heavy atom. The molecule has 170 valence electrons. The van der Waals surface area contributed by atoms with Gasteiger partial charge < -0.3 is 15.0 Å². The minimum atomic E-state index is -0.657. The average molecular weight is 403 g/mol. The van der Waals surface area contributed by atoms with Crippen molar-refractivity contribution in [2.45, 2.75) is 117 Å². The van der Waals surface area contributed by atoms with E-state index in [1.165, 1.54) is 77.0 Å². The monoisotopic (exact) mass is 402 g/mol. The molecule has 2 N–H and O–H groups in total. The number of nitrogens with zero attached hydrogens (tertiary/aromatic N) is 1. The summed E-state index contributed by atoms with van der Waals surface area (Å²) < 4.78 is -0.174. The highest BCUT2D eigenvalue weighted by Crippen LogP contribution is 2.11. The van der Waals surface area contributed by atoms with Crippen molar-refractivity contribution in [2.24, 2.45) is 0 Å². The Morgan fingerprint density at radius 2 is 1.21 bits per heavy atom. The highest BCUT2D eigenvalue weighted by Gasteiger charge is 2.03. The molecule has 5 heteroatoms. The second-order valence-electron chi connectivity index (χ2n) is 8.16. The van der Waals surface area contributed by atoms with E-state index in [0.717, 1.165) is 19.4 Å². The van der Waals surface area contributed by atoms with E-state index in [9.17, 15) is 10.0 Å². The van der Waals surface area contributed by atoms with E-state index >= 15 is 0 Å². The Morgan fingerprint density at radius 1 is 0.786 bits per heavy atom. The van der Waals surface area contributed by atoms with Crippen LogP contribution in [0, 0.1) is 5.21 Å². The lowest BCUT2D eigenvalue weighted by Gasteiger charge is -2.37. The molecule has 1 unspecified atom stereocenters. The molecule has 0 radical (unpaired) electrons. The number of unbranched alkanes of at least 4 members (excludes halogenated alkanes) is 12. The van der Waals surface area contributed by atoms with Crippen LogP contribution in [0.5, 0.6) is 0 Å². The van der Waals surface area contributed by atoms with Crippen LogP contribution in [0.25, 0.3) is 0 Å². The van der Waals surface area contributed by atoms with Gasteiger partial charge in [0.1, 0.15) is 6.67 Å². The van der Waals surface area contributed by atoms with Crippen molar-refractivity contribution in [1.82, 2.24) is 5.32 Å². The summed E-state index contributed by atoms with van der Waals surface area (Å²) >= 11 is 0. The van der Waals surface area contributed by atoms with E-state index in [4.69, 9.17) is 5.11 Å². The Bertz CT molecular complexity index is 323. The highest BCUT2D eigenvalue weighted by molar-refractivity contribution is 5.66. The zero-order valence-electron chi connectivity index (χ0n) is 19.4. The minimum Gasteiger partial charge on any atom is -0.632 e. The van der Waals surface area contributed by atoms with Gasteiger partial charge in [0.25, 0.3) is 0 Å². The van der Waals surface area contributed by atoms with Crippen molar-refractivity contribution in [3.63, 3.8) is 0 Å². The van der Waals surface area contributed by atoms with Crippen molar-refractivity contribution in [3.05, 3.63) is 5.21 Å². The zero-order chi connectivity index (χ0) is 21.5. The fraction of sp³-hybridized carbons (Fsp3) is 0.957. The number of rotatable bonds is 19. The van der Waals surface area contributed by atoms with Crippen LogP contribution in [0.1, 0.15) is 117 Å². The summed E-state index contributed by atoms with van der Waals surface area (Å²) in [6.45, 7) is 8.50. The molecule has 1 atom stereocenters. The number of hydrogen-bond acceptors (Lipinski definition) is 3. The van der Waals surface area contributed by atoms with Crippen molar-refractivity contribution in [3.8, 4) is 0 Å². The normalized spacial score (nSPS) is 12.9. The summed E-state index contributed by atoms with van der Waals surface area (Å²) in [6.07, 6.45) is 18.0. The highest BCUT2D eigenvalue weighted by atomic mass is 16.5. The molecule has 5 nitrogen and oxygen atoms in total. The summed E-state index contributed by atoms with van der Waals surface area (Å²) in [5.74, 6) is -0.657. The van der Waals surface area contributed by atoms with Gasteiger partial charge in [0.2, 0.25) is 0 Å². The quantitative estimate of drug-likeness (QED) is 0.112. The molecule has 0 amide bonds. The molecule has 0 aromatic rings. The van der Waals surface area contributed by atoms with Crippen LogP contribution >= 0.6 is 0 Å². The first kappa shape index (κ1) is 29.6. The third-order valence-corrected chi connectivity index (χ3v) is 5.07. The number of carboxylic acids is 1. The molecule has 0 aliphatic rings. The van der Waals surface area contributed by atoms with Crippen LogP contribution in [-0.2, 0) is 4.79 Å². The van der Waals surface area contributed by atoms with Gasteiger partial charge in [-0.05, 0) is 19.8 Å². The van der Waals surface area contributed by atoms with E-state index in [0.29, 0.717) is 19.6 Å². The molecule has 0 spiro atoms. The van der Waals surface area contributed by atoms with Gasteiger partial charge in [-0.1, -0.05) is 90.9 Å². The predicted molar refractivity (Wildman–Crippen MR) is 121 cm³/mol. The standard InChI is InChI=1S/C14H28O2.C9H22N2O/c1-2-3-4-5-6-7-8-9-10-11-12-13-14(15)16;1-4-6-7-8-10-9-11(3,12)5-2/h2-13H2,1H3,(H,15,16);10H,4-9H2,1-3H3. The maximum atomic E-state index is 11.4. The summed E-state index contributed by atoms with van der Waals surface area (Å²) in [4.78, 5) is 10.3. The second kappa shape index (κ2) is 22.6. The van der Waals surface area contributed by atoms with Crippen molar-refractivity contribution in [1.29, 1.82) is 0 Å². The van der Waals surface area contributed by atoms with Crippen molar-refractivity contribution >= 4 is 5.97 Å². The summed E-state index contributed by atoms with van der Waals surface area (Å²) in [6, 6.07) is 0. The molecular formula is C23H50N2O3. The molecule has 0 aliphatic carbocycles. The van der Waals surface area contributed by atoms with Crippen LogP contribution in [0.4, 0.5) is 0 Å². The Hall–Kier alpha value is -0.650. The molecule has 0 heterocycles. The third kappa shape index (κ3) is 27.6. The van der Waals surface area contributed by atoms with E-state index in [1.807, 2.05) is 6.92 Å². The van der Waals surface area contributed by atoms with Crippen LogP contribution in [-0.4, -0.2) is 42.5 Å². The summed E-state index contributed by atoms with van der Waals surface area (Å²) in [5.41, 5.74) is 0. The third-order valence-electron chi connectivity index (χ3n) is 5.07. The zero-order valence-corrected chi connectivity index (χ0v) is 19.4. The van der Waals surface area contributed by atoms with Gasteiger partial charge in [-0.2, -0.15) is 0 Å².